The van der Waals surface area contributed by atoms with Crippen LogP contribution in [0, 0.1) is 0 Å². The first kappa shape index (κ1) is 22.9. The van der Waals surface area contributed by atoms with Crippen molar-refractivity contribution in [2.75, 3.05) is 41.9 Å². The number of sulfonamides is 1. The number of halogens is 4. The normalized spacial score (nSPS) is 19.4. The Morgan fingerprint density at radius 3 is 2.53 bits per heavy atom. The maximum atomic E-state index is 13.5. The summed E-state index contributed by atoms with van der Waals surface area (Å²) in [5, 5.41) is 9.11. The summed E-state index contributed by atoms with van der Waals surface area (Å²) in [6.07, 6.45) is -4.67. The van der Waals surface area contributed by atoms with Crippen molar-refractivity contribution >= 4 is 43.3 Å². The van der Waals surface area contributed by atoms with E-state index in [9.17, 15) is 26.4 Å². The van der Waals surface area contributed by atoms with Crippen molar-refractivity contribution in [1.82, 2.24) is 4.90 Å². The number of benzene rings is 2. The van der Waals surface area contributed by atoms with Crippen LogP contribution in [0.3, 0.4) is 0 Å². The van der Waals surface area contributed by atoms with Gasteiger partial charge in [-0.1, -0.05) is 22.0 Å². The lowest BCUT2D eigenvalue weighted by Crippen LogP contribution is -2.61. The molecule has 4 rings (SSSR count). The van der Waals surface area contributed by atoms with Crippen LogP contribution in [-0.2, 0) is 21.0 Å². The Kier molecular flexibility index (Phi) is 5.88. The molecule has 172 valence electrons. The Hall–Kier alpha value is -2.31. The van der Waals surface area contributed by atoms with Crippen molar-refractivity contribution in [3.05, 3.63) is 52.5 Å². The van der Waals surface area contributed by atoms with Gasteiger partial charge in [0.15, 0.2) is 0 Å². The van der Waals surface area contributed by atoms with E-state index >= 15 is 0 Å². The molecule has 12 heteroatoms. The number of hydrogen-bond donors (Lipinski definition) is 1. The third-order valence-electron chi connectivity index (χ3n) is 5.57. The van der Waals surface area contributed by atoms with Gasteiger partial charge in [0.25, 0.3) is 10.0 Å². The molecule has 1 fully saturated rings. The van der Waals surface area contributed by atoms with Gasteiger partial charge in [0.1, 0.15) is 0 Å². The summed E-state index contributed by atoms with van der Waals surface area (Å²) in [6.45, 7) is 1.13. The zero-order valence-corrected chi connectivity index (χ0v) is 19.0. The average Bonchev–Trinajstić information content (AvgIpc) is 2.71. The number of alkyl halides is 3. The van der Waals surface area contributed by atoms with E-state index < -0.39 is 32.6 Å². The van der Waals surface area contributed by atoms with E-state index in [2.05, 4.69) is 15.9 Å². The first-order valence-corrected chi connectivity index (χ1v) is 11.9. The quantitative estimate of drug-likeness (QED) is 0.649. The molecule has 2 aromatic rings. The summed E-state index contributed by atoms with van der Waals surface area (Å²) < 4.78 is 68.3. The van der Waals surface area contributed by atoms with Crippen LogP contribution in [-0.4, -0.2) is 63.2 Å². The molecule has 2 aliphatic heterocycles. The smallest absolute Gasteiger partial charge is 0.416 e. The van der Waals surface area contributed by atoms with E-state index in [-0.39, 0.29) is 19.1 Å². The molecule has 7 nitrogen and oxygen atoms in total. The van der Waals surface area contributed by atoms with E-state index in [1.54, 1.807) is 23.1 Å². The Morgan fingerprint density at radius 1 is 1.09 bits per heavy atom. The van der Waals surface area contributed by atoms with Crippen LogP contribution in [0.1, 0.15) is 5.56 Å². The highest BCUT2D eigenvalue weighted by atomic mass is 79.9. The molecule has 0 spiro atoms. The van der Waals surface area contributed by atoms with Crippen molar-refractivity contribution in [1.29, 1.82) is 0 Å². The highest BCUT2D eigenvalue weighted by Crippen LogP contribution is 2.41. The Labute approximate surface area is 191 Å². The van der Waals surface area contributed by atoms with Crippen molar-refractivity contribution in [3.63, 3.8) is 0 Å². The highest BCUT2D eigenvalue weighted by molar-refractivity contribution is 9.10. The molecule has 2 aromatic carbocycles. The SMILES string of the molecule is O=C(O)CN1CCN2c3ccc(Br)cc3N(S(=O)(=O)c3cccc(C(F)(F)F)c3)C[C@@H]2C1. The van der Waals surface area contributed by atoms with Gasteiger partial charge in [-0.2, -0.15) is 13.2 Å². The number of carboxylic acid groups (broad SMARTS) is 1. The molecule has 0 aliphatic carbocycles. The molecule has 1 N–H and O–H groups in total. The van der Waals surface area contributed by atoms with E-state index in [1.165, 1.54) is 0 Å². The summed E-state index contributed by atoms with van der Waals surface area (Å²) >= 11 is 3.34. The van der Waals surface area contributed by atoms with Gasteiger partial charge in [-0.3, -0.25) is 14.0 Å². The lowest BCUT2D eigenvalue weighted by molar-refractivity contribution is -0.139. The summed E-state index contributed by atoms with van der Waals surface area (Å²) in [5.74, 6) is -0.980. The predicted molar refractivity (Wildman–Crippen MR) is 115 cm³/mol. The number of fused-ring (bicyclic) bond motifs is 3. The third kappa shape index (κ3) is 4.30. The molecule has 0 saturated carbocycles. The minimum absolute atomic E-state index is 0.0157. The van der Waals surface area contributed by atoms with Gasteiger partial charge in [-0.15, -0.1) is 0 Å². The topological polar surface area (TPSA) is 81.2 Å². The average molecular weight is 534 g/mol. The summed E-state index contributed by atoms with van der Waals surface area (Å²) in [7, 11) is -4.32. The largest absolute Gasteiger partial charge is 0.480 e. The van der Waals surface area contributed by atoms with Gasteiger partial charge in [-0.05, 0) is 36.4 Å². The van der Waals surface area contributed by atoms with Gasteiger partial charge < -0.3 is 10.0 Å². The maximum Gasteiger partial charge on any atom is 0.416 e. The third-order valence-corrected chi connectivity index (χ3v) is 7.84. The highest BCUT2D eigenvalue weighted by Gasteiger charge is 2.41. The van der Waals surface area contributed by atoms with Crippen molar-refractivity contribution in [3.8, 4) is 0 Å². The van der Waals surface area contributed by atoms with Gasteiger partial charge >= 0.3 is 12.1 Å². The monoisotopic (exact) mass is 533 g/mol. The Bertz CT molecular complexity index is 1160. The molecule has 1 saturated heterocycles. The number of anilines is 2. The number of carboxylic acids is 1. The van der Waals surface area contributed by atoms with Crippen LogP contribution in [0.2, 0.25) is 0 Å². The number of carbonyl (C=O) groups is 1. The second-order valence-electron chi connectivity index (χ2n) is 7.67. The summed E-state index contributed by atoms with van der Waals surface area (Å²) in [5.41, 5.74) is -0.0494. The number of piperazine rings is 1. The molecule has 32 heavy (non-hydrogen) atoms. The maximum absolute atomic E-state index is 13.5. The Balaban J connectivity index is 1.76. The fourth-order valence-electron chi connectivity index (χ4n) is 4.14. The number of hydrogen-bond acceptors (Lipinski definition) is 5. The van der Waals surface area contributed by atoms with Crippen LogP contribution >= 0.6 is 15.9 Å². The second kappa shape index (κ2) is 8.23. The fraction of sp³-hybridized carbons (Fsp3) is 0.350. The second-order valence-corrected chi connectivity index (χ2v) is 10.4. The Morgan fingerprint density at radius 2 is 1.84 bits per heavy atom. The molecule has 0 radical (unpaired) electrons. The number of nitrogens with zero attached hydrogens (tertiary/aromatic N) is 3. The zero-order valence-electron chi connectivity index (χ0n) is 16.6. The first-order valence-electron chi connectivity index (χ1n) is 9.67. The molecule has 0 bridgehead atoms. The van der Waals surface area contributed by atoms with Crippen LogP contribution < -0.4 is 9.21 Å². The van der Waals surface area contributed by atoms with Crippen molar-refractivity contribution < 1.29 is 31.5 Å². The fourth-order valence-corrected chi connectivity index (χ4v) is 6.05. The van der Waals surface area contributed by atoms with E-state index in [0.717, 1.165) is 22.5 Å². The zero-order chi connectivity index (χ0) is 23.3. The lowest BCUT2D eigenvalue weighted by atomic mass is 10.1. The van der Waals surface area contributed by atoms with Crippen LogP contribution in [0.4, 0.5) is 24.5 Å². The molecular weight excluding hydrogens is 515 g/mol. The first-order chi connectivity index (χ1) is 15.0. The molecular formula is C20H19BrF3N3O4S. The van der Waals surface area contributed by atoms with E-state index in [1.807, 2.05) is 4.90 Å². The molecule has 1 atom stereocenters. The molecule has 2 aliphatic rings. The van der Waals surface area contributed by atoms with Gasteiger partial charge in [0, 0.05) is 24.1 Å². The van der Waals surface area contributed by atoms with Crippen molar-refractivity contribution in [2.24, 2.45) is 0 Å². The minimum Gasteiger partial charge on any atom is -0.480 e. The van der Waals surface area contributed by atoms with Gasteiger partial charge in [0.2, 0.25) is 0 Å². The lowest BCUT2D eigenvalue weighted by Gasteiger charge is -2.48. The van der Waals surface area contributed by atoms with Crippen molar-refractivity contribution in [2.45, 2.75) is 17.1 Å². The van der Waals surface area contributed by atoms with Gasteiger partial charge in [-0.25, -0.2) is 8.42 Å². The molecule has 2 heterocycles. The van der Waals surface area contributed by atoms with Crippen LogP contribution in [0.15, 0.2) is 51.8 Å². The summed E-state index contributed by atoms with van der Waals surface area (Å²) in [4.78, 5) is 14.4. The molecule has 0 aromatic heterocycles. The summed E-state index contributed by atoms with van der Waals surface area (Å²) in [6, 6.07) is 8.48. The molecule has 0 unspecified atom stereocenters. The predicted octanol–water partition coefficient (Wildman–Crippen LogP) is 3.25. The van der Waals surface area contributed by atoms with E-state index in [0.29, 0.717) is 41.5 Å². The van der Waals surface area contributed by atoms with E-state index in [4.69, 9.17) is 5.11 Å². The number of rotatable bonds is 4. The standard InChI is InChI=1S/C20H19BrF3N3O4S/c21-14-4-5-17-18(9-14)27(11-15-10-25(12-19(28)29)6-7-26(15)17)32(30,31)16-3-1-2-13(8-16)20(22,23)24/h1-5,8-9,15H,6-7,10-12H2,(H,28,29)/t15-/m0/s1. The van der Waals surface area contributed by atoms with Gasteiger partial charge in [0.05, 0.1) is 41.0 Å². The number of aliphatic carboxylic acids is 1. The van der Waals surface area contributed by atoms with Crippen LogP contribution in [0.5, 0.6) is 0 Å². The van der Waals surface area contributed by atoms with Crippen LogP contribution in [0.25, 0.3) is 0 Å². The molecule has 0 amide bonds. The minimum atomic E-state index is -4.67.